The lowest BCUT2D eigenvalue weighted by molar-refractivity contribution is 0.977. The highest BCUT2D eigenvalue weighted by Gasteiger charge is 2.06. The molecule has 1 aromatic heterocycles. The average molecular weight is 404 g/mol. The summed E-state index contributed by atoms with van der Waals surface area (Å²) >= 11 is 8.46. The highest BCUT2D eigenvalue weighted by molar-refractivity contribution is 9.11. The third-order valence-corrected chi connectivity index (χ3v) is 4.04. The van der Waals surface area contributed by atoms with Crippen molar-refractivity contribution >= 4 is 60.9 Å². The minimum absolute atomic E-state index is 0.725. The molecule has 100 valence electrons. The number of hydrogen-bond donors (Lipinski definition) is 2. The molecule has 0 spiro atoms. The Kier molecular flexibility index (Phi) is 5.06. The molecule has 0 radical (unpaired) electrons. The maximum Gasteiger partial charge on any atom is 0.191 e. The second-order valence-corrected chi connectivity index (χ2v) is 6.17. The van der Waals surface area contributed by atoms with Crippen LogP contribution >= 0.6 is 43.6 Å². The van der Waals surface area contributed by atoms with Crippen molar-refractivity contribution < 1.29 is 0 Å². The molecule has 4 nitrogen and oxygen atoms in total. The van der Waals surface area contributed by atoms with Gasteiger partial charge in [0.15, 0.2) is 5.16 Å². The van der Waals surface area contributed by atoms with Gasteiger partial charge in [0.25, 0.3) is 0 Å². The minimum atomic E-state index is 0.725. The number of aromatic nitrogens is 2. The summed E-state index contributed by atoms with van der Waals surface area (Å²) < 4.78 is 1.99. The zero-order valence-electron chi connectivity index (χ0n) is 10.4. The predicted molar refractivity (Wildman–Crippen MR) is 88.5 cm³/mol. The van der Waals surface area contributed by atoms with Crippen molar-refractivity contribution in [3.8, 4) is 0 Å². The number of halogens is 2. The van der Waals surface area contributed by atoms with Gasteiger partial charge in [-0.25, -0.2) is 9.97 Å². The smallest absolute Gasteiger partial charge is 0.191 e. The zero-order chi connectivity index (χ0) is 13.8. The zero-order valence-corrected chi connectivity index (χ0v) is 14.4. The first-order valence-electron chi connectivity index (χ1n) is 5.45. The summed E-state index contributed by atoms with van der Waals surface area (Å²) in [6, 6.07) is 7.81. The Morgan fingerprint density at radius 2 is 1.84 bits per heavy atom. The van der Waals surface area contributed by atoms with E-state index in [4.69, 9.17) is 0 Å². The van der Waals surface area contributed by atoms with Gasteiger partial charge in [-0.05, 0) is 40.4 Å². The second kappa shape index (κ2) is 6.58. The lowest BCUT2D eigenvalue weighted by Gasteiger charge is -2.10. The molecule has 1 aromatic carbocycles. The van der Waals surface area contributed by atoms with E-state index in [1.165, 1.54) is 11.8 Å². The lowest BCUT2D eigenvalue weighted by Crippen LogP contribution is -2.01. The molecule has 0 aliphatic carbocycles. The molecule has 0 atom stereocenters. The second-order valence-electron chi connectivity index (χ2n) is 3.62. The number of nitrogens with zero attached hydrogens (tertiary/aromatic N) is 2. The summed E-state index contributed by atoms with van der Waals surface area (Å²) in [7, 11) is 1.84. The largest absolute Gasteiger partial charge is 0.373 e. The van der Waals surface area contributed by atoms with E-state index in [9.17, 15) is 0 Å². The molecule has 2 N–H and O–H groups in total. The summed E-state index contributed by atoms with van der Waals surface area (Å²) in [5.41, 5.74) is 0.955. The Hall–Kier alpha value is -0.790. The molecular formula is C12H12Br2N4S. The van der Waals surface area contributed by atoms with Crippen LogP contribution in [0.1, 0.15) is 0 Å². The van der Waals surface area contributed by atoms with Gasteiger partial charge in [0.05, 0.1) is 5.69 Å². The maximum atomic E-state index is 4.43. The fourth-order valence-electron chi connectivity index (χ4n) is 1.44. The molecule has 7 heteroatoms. The molecule has 0 amide bonds. The van der Waals surface area contributed by atoms with Crippen molar-refractivity contribution in [1.29, 1.82) is 0 Å². The summed E-state index contributed by atoms with van der Waals surface area (Å²) in [4.78, 5) is 8.76. The number of nitrogens with one attached hydrogen (secondary N) is 2. The van der Waals surface area contributed by atoms with Crippen LogP contribution in [-0.2, 0) is 0 Å². The van der Waals surface area contributed by atoms with Crippen molar-refractivity contribution in [1.82, 2.24) is 9.97 Å². The van der Waals surface area contributed by atoms with Gasteiger partial charge in [-0.15, -0.1) is 0 Å². The van der Waals surface area contributed by atoms with Crippen LogP contribution in [0, 0.1) is 0 Å². The van der Waals surface area contributed by atoms with Gasteiger partial charge in [-0.1, -0.05) is 27.7 Å². The fraction of sp³-hybridized carbons (Fsp3) is 0.167. The van der Waals surface area contributed by atoms with Crippen LogP contribution in [0.3, 0.4) is 0 Å². The van der Waals surface area contributed by atoms with Crippen molar-refractivity contribution in [2.75, 3.05) is 23.9 Å². The summed E-state index contributed by atoms with van der Waals surface area (Å²) in [6.07, 6.45) is 1.95. The first kappa shape index (κ1) is 14.6. The Morgan fingerprint density at radius 3 is 2.47 bits per heavy atom. The lowest BCUT2D eigenvalue weighted by atomic mass is 10.3. The number of anilines is 3. The van der Waals surface area contributed by atoms with Crippen LogP contribution in [0.5, 0.6) is 0 Å². The van der Waals surface area contributed by atoms with Gasteiger partial charge in [0.1, 0.15) is 11.6 Å². The molecule has 2 rings (SSSR count). The van der Waals surface area contributed by atoms with E-state index in [1.807, 2.05) is 37.6 Å². The van der Waals surface area contributed by atoms with Crippen LogP contribution in [0.2, 0.25) is 0 Å². The quantitative estimate of drug-likeness (QED) is 0.581. The molecule has 0 fully saturated rings. The van der Waals surface area contributed by atoms with Crippen LogP contribution in [0.25, 0.3) is 0 Å². The van der Waals surface area contributed by atoms with Crippen molar-refractivity contribution in [2.24, 2.45) is 0 Å². The number of thioether (sulfide) groups is 1. The molecule has 19 heavy (non-hydrogen) atoms. The molecule has 2 aromatic rings. The first-order chi connectivity index (χ1) is 9.12. The Balaban J connectivity index is 2.31. The van der Waals surface area contributed by atoms with Crippen LogP contribution < -0.4 is 10.6 Å². The Morgan fingerprint density at radius 1 is 1.11 bits per heavy atom. The molecular weight excluding hydrogens is 392 g/mol. The molecule has 0 aliphatic heterocycles. The third kappa shape index (κ3) is 3.84. The minimum Gasteiger partial charge on any atom is -0.373 e. The average Bonchev–Trinajstić information content (AvgIpc) is 2.41. The van der Waals surface area contributed by atoms with Crippen LogP contribution in [-0.4, -0.2) is 23.3 Å². The van der Waals surface area contributed by atoms with Crippen LogP contribution in [0.15, 0.2) is 38.4 Å². The highest BCUT2D eigenvalue weighted by Crippen LogP contribution is 2.29. The Labute approximate surface area is 133 Å². The standard InChI is InChI=1S/C12H12Br2N4S/c1-15-10-6-11(18-12(17-10)19-2)16-9-4-3-7(13)5-8(9)14/h3-6H,1-2H3,(H2,15,16,17,18). The molecule has 0 saturated carbocycles. The van der Waals surface area contributed by atoms with Gasteiger partial charge in [0, 0.05) is 22.1 Å². The van der Waals surface area contributed by atoms with Gasteiger partial charge < -0.3 is 10.6 Å². The molecule has 0 bridgehead atoms. The van der Waals surface area contributed by atoms with Gasteiger partial charge >= 0.3 is 0 Å². The summed E-state index contributed by atoms with van der Waals surface area (Å²) in [5, 5.41) is 7.03. The van der Waals surface area contributed by atoms with Gasteiger partial charge in [0.2, 0.25) is 0 Å². The molecule has 0 unspecified atom stereocenters. The summed E-state index contributed by atoms with van der Waals surface area (Å²) in [6.45, 7) is 0. The molecule has 1 heterocycles. The molecule has 0 aliphatic rings. The van der Waals surface area contributed by atoms with Crippen molar-refractivity contribution in [3.05, 3.63) is 33.2 Å². The maximum absolute atomic E-state index is 4.43. The van der Waals surface area contributed by atoms with Crippen molar-refractivity contribution in [2.45, 2.75) is 5.16 Å². The summed E-state index contributed by atoms with van der Waals surface area (Å²) in [5.74, 6) is 1.54. The molecule has 0 saturated heterocycles. The first-order valence-corrected chi connectivity index (χ1v) is 8.26. The van der Waals surface area contributed by atoms with E-state index in [0.717, 1.165) is 31.4 Å². The van der Waals surface area contributed by atoms with Gasteiger partial charge in [-0.3, -0.25) is 0 Å². The van der Waals surface area contributed by atoms with E-state index in [0.29, 0.717) is 0 Å². The van der Waals surface area contributed by atoms with E-state index in [2.05, 4.69) is 52.5 Å². The normalized spacial score (nSPS) is 10.3. The van der Waals surface area contributed by atoms with E-state index in [1.54, 1.807) is 0 Å². The predicted octanol–water partition coefficient (Wildman–Crippen LogP) is 4.51. The SMILES string of the molecule is CNc1cc(Nc2ccc(Br)cc2Br)nc(SC)n1. The van der Waals surface area contributed by atoms with Gasteiger partial charge in [-0.2, -0.15) is 0 Å². The van der Waals surface area contributed by atoms with E-state index in [-0.39, 0.29) is 0 Å². The van der Waals surface area contributed by atoms with Crippen molar-refractivity contribution in [3.63, 3.8) is 0 Å². The highest BCUT2D eigenvalue weighted by atomic mass is 79.9. The van der Waals surface area contributed by atoms with E-state index >= 15 is 0 Å². The number of hydrogen-bond acceptors (Lipinski definition) is 5. The number of rotatable bonds is 4. The third-order valence-electron chi connectivity index (χ3n) is 2.34. The topological polar surface area (TPSA) is 49.8 Å². The number of benzene rings is 1. The van der Waals surface area contributed by atoms with Crippen LogP contribution in [0.4, 0.5) is 17.3 Å². The monoisotopic (exact) mass is 402 g/mol. The Bertz CT molecular complexity index is 570. The van der Waals surface area contributed by atoms with E-state index < -0.39 is 0 Å². The fourth-order valence-corrected chi connectivity index (χ4v) is 2.96.